The Balaban J connectivity index is 1.52. The quantitative estimate of drug-likeness (QED) is 0.337. The van der Waals surface area contributed by atoms with E-state index in [2.05, 4.69) is 22.4 Å². The second-order valence-electron chi connectivity index (χ2n) is 7.69. The number of nitrogens with zero attached hydrogens (tertiary/aromatic N) is 4. The highest BCUT2D eigenvalue weighted by Crippen LogP contribution is 2.28. The van der Waals surface area contributed by atoms with E-state index < -0.39 is 0 Å². The lowest BCUT2D eigenvalue weighted by atomic mass is 10.1. The maximum absolute atomic E-state index is 13.3. The molecule has 7 nitrogen and oxygen atoms in total. The predicted molar refractivity (Wildman–Crippen MR) is 135 cm³/mol. The summed E-state index contributed by atoms with van der Waals surface area (Å²) < 4.78 is 7.15. The maximum Gasteiger partial charge on any atom is 0.281 e. The van der Waals surface area contributed by atoms with Crippen molar-refractivity contribution in [2.24, 2.45) is 0 Å². The SMILES string of the molecule is COc1cccc(N2C(=O)C(=Cc3cn(Cc4ccccc4)nc3-c3cccnc3)NC2=S)c1. The average molecular weight is 468 g/mol. The molecule has 34 heavy (non-hydrogen) atoms. The molecule has 2 aromatic carbocycles. The number of anilines is 1. The van der Waals surface area contributed by atoms with Crippen LogP contribution in [0, 0.1) is 0 Å². The van der Waals surface area contributed by atoms with Gasteiger partial charge in [-0.25, -0.2) is 0 Å². The van der Waals surface area contributed by atoms with E-state index >= 15 is 0 Å². The molecule has 0 atom stereocenters. The Labute approximate surface area is 202 Å². The summed E-state index contributed by atoms with van der Waals surface area (Å²) in [7, 11) is 1.58. The Morgan fingerprint density at radius 2 is 1.94 bits per heavy atom. The first-order valence-corrected chi connectivity index (χ1v) is 11.1. The Morgan fingerprint density at radius 1 is 1.09 bits per heavy atom. The zero-order valence-electron chi connectivity index (χ0n) is 18.4. The highest BCUT2D eigenvalue weighted by atomic mass is 32.1. The van der Waals surface area contributed by atoms with Crippen molar-refractivity contribution >= 4 is 35.0 Å². The van der Waals surface area contributed by atoms with Crippen LogP contribution in [0.3, 0.4) is 0 Å². The molecule has 0 bridgehead atoms. The zero-order chi connectivity index (χ0) is 23.5. The monoisotopic (exact) mass is 467 g/mol. The fraction of sp³-hybridized carbons (Fsp3) is 0.0769. The molecule has 0 aliphatic carbocycles. The molecule has 0 saturated carbocycles. The molecule has 168 valence electrons. The van der Waals surface area contributed by atoms with Crippen molar-refractivity contribution in [3.63, 3.8) is 0 Å². The molecule has 1 N–H and O–H groups in total. The summed E-state index contributed by atoms with van der Waals surface area (Å²) in [5.41, 5.74) is 4.52. The molecule has 1 amide bonds. The average Bonchev–Trinajstić information content (AvgIpc) is 3.39. The molecule has 0 spiro atoms. The van der Waals surface area contributed by atoms with Gasteiger partial charge in [-0.15, -0.1) is 0 Å². The number of hydrogen-bond acceptors (Lipinski definition) is 5. The normalized spacial score (nSPS) is 14.5. The molecule has 8 heteroatoms. The Morgan fingerprint density at radius 3 is 2.71 bits per heavy atom. The largest absolute Gasteiger partial charge is 0.497 e. The number of aromatic nitrogens is 3. The minimum absolute atomic E-state index is 0.244. The number of ether oxygens (including phenoxy) is 1. The van der Waals surface area contributed by atoms with Crippen LogP contribution in [-0.4, -0.2) is 32.9 Å². The lowest BCUT2D eigenvalue weighted by Crippen LogP contribution is -2.30. The van der Waals surface area contributed by atoms with E-state index in [0.717, 1.165) is 22.4 Å². The number of amides is 1. The van der Waals surface area contributed by atoms with E-state index in [0.29, 0.717) is 28.8 Å². The van der Waals surface area contributed by atoms with Crippen molar-refractivity contribution in [3.05, 3.63) is 102 Å². The summed E-state index contributed by atoms with van der Waals surface area (Å²) in [6.07, 6.45) is 7.18. The minimum Gasteiger partial charge on any atom is -0.497 e. The van der Waals surface area contributed by atoms with Gasteiger partial charge in [0.05, 0.1) is 19.3 Å². The molecule has 3 heterocycles. The lowest BCUT2D eigenvalue weighted by molar-refractivity contribution is -0.113. The van der Waals surface area contributed by atoms with Crippen molar-refractivity contribution in [1.82, 2.24) is 20.1 Å². The number of thiocarbonyl (C=S) groups is 1. The Bertz CT molecular complexity index is 1380. The fourth-order valence-electron chi connectivity index (χ4n) is 3.80. The van der Waals surface area contributed by atoms with Gasteiger partial charge >= 0.3 is 0 Å². The lowest BCUT2D eigenvalue weighted by Gasteiger charge is -2.14. The van der Waals surface area contributed by atoms with Crippen LogP contribution < -0.4 is 15.0 Å². The number of nitrogens with one attached hydrogen (secondary N) is 1. The topological polar surface area (TPSA) is 72.3 Å². The van der Waals surface area contributed by atoms with Gasteiger partial charge in [-0.1, -0.05) is 36.4 Å². The van der Waals surface area contributed by atoms with Crippen LogP contribution in [0.15, 0.2) is 91.0 Å². The van der Waals surface area contributed by atoms with Crippen LogP contribution >= 0.6 is 12.2 Å². The number of pyridine rings is 1. The number of carbonyl (C=O) groups excluding carboxylic acids is 1. The Hall–Kier alpha value is -4.30. The zero-order valence-corrected chi connectivity index (χ0v) is 19.2. The van der Waals surface area contributed by atoms with Gasteiger partial charge < -0.3 is 10.1 Å². The van der Waals surface area contributed by atoms with Gasteiger partial charge in [-0.05, 0) is 48.1 Å². The first-order chi connectivity index (χ1) is 16.6. The number of methoxy groups -OCH3 is 1. The molecule has 5 rings (SSSR count). The second kappa shape index (κ2) is 9.29. The Kier molecular flexibility index (Phi) is 5.88. The minimum atomic E-state index is -0.244. The van der Waals surface area contributed by atoms with Crippen molar-refractivity contribution < 1.29 is 9.53 Å². The summed E-state index contributed by atoms with van der Waals surface area (Å²) in [5, 5.41) is 8.15. The third kappa shape index (κ3) is 4.31. The van der Waals surface area contributed by atoms with Crippen molar-refractivity contribution in [2.45, 2.75) is 6.54 Å². The van der Waals surface area contributed by atoms with E-state index in [1.807, 2.05) is 59.4 Å². The van der Waals surface area contributed by atoms with Gasteiger partial charge in [0.1, 0.15) is 17.1 Å². The van der Waals surface area contributed by atoms with Gasteiger partial charge in [-0.3, -0.25) is 19.4 Å². The van der Waals surface area contributed by atoms with Crippen LogP contribution in [0.2, 0.25) is 0 Å². The van der Waals surface area contributed by atoms with E-state index in [4.69, 9.17) is 22.1 Å². The number of hydrogen-bond donors (Lipinski definition) is 1. The number of rotatable bonds is 6. The maximum atomic E-state index is 13.3. The van der Waals surface area contributed by atoms with Crippen LogP contribution in [0.1, 0.15) is 11.1 Å². The van der Waals surface area contributed by atoms with Crippen molar-refractivity contribution in [2.75, 3.05) is 12.0 Å². The predicted octanol–water partition coefficient (Wildman–Crippen LogP) is 4.26. The molecule has 0 unspecified atom stereocenters. The van der Waals surface area contributed by atoms with E-state index in [1.54, 1.807) is 31.6 Å². The summed E-state index contributed by atoms with van der Waals surface area (Å²) in [6.45, 7) is 0.604. The van der Waals surface area contributed by atoms with Gasteiger partial charge in [0.2, 0.25) is 0 Å². The van der Waals surface area contributed by atoms with Gasteiger partial charge in [-0.2, -0.15) is 5.10 Å². The summed E-state index contributed by atoms with van der Waals surface area (Å²) in [5.74, 6) is 0.401. The summed E-state index contributed by atoms with van der Waals surface area (Å²) >= 11 is 5.47. The van der Waals surface area contributed by atoms with E-state index in [9.17, 15) is 4.79 Å². The van der Waals surface area contributed by atoms with Crippen molar-refractivity contribution in [3.8, 4) is 17.0 Å². The highest BCUT2D eigenvalue weighted by molar-refractivity contribution is 7.80. The highest BCUT2D eigenvalue weighted by Gasteiger charge is 2.32. The third-order valence-electron chi connectivity index (χ3n) is 5.40. The van der Waals surface area contributed by atoms with Crippen LogP contribution in [0.4, 0.5) is 5.69 Å². The van der Waals surface area contributed by atoms with E-state index in [1.165, 1.54) is 4.90 Å². The molecule has 1 aliphatic rings. The molecular weight excluding hydrogens is 446 g/mol. The van der Waals surface area contributed by atoms with Gasteiger partial charge in [0, 0.05) is 35.8 Å². The van der Waals surface area contributed by atoms with Crippen LogP contribution in [0.5, 0.6) is 5.75 Å². The number of benzene rings is 2. The molecule has 0 radical (unpaired) electrons. The molecule has 1 aliphatic heterocycles. The molecule has 2 aromatic heterocycles. The standard InChI is InChI=1S/C26H21N5O2S/c1-33-22-11-5-10-21(14-22)31-25(32)23(28-26(31)34)13-20-17-30(16-18-7-3-2-4-8-18)29-24(20)19-9-6-12-27-15-19/h2-15,17H,16H2,1H3,(H,28,34). The molecule has 1 fully saturated rings. The first-order valence-electron chi connectivity index (χ1n) is 10.7. The smallest absolute Gasteiger partial charge is 0.281 e. The van der Waals surface area contributed by atoms with E-state index in [-0.39, 0.29) is 5.91 Å². The molecular formula is C26H21N5O2S. The van der Waals surface area contributed by atoms with Gasteiger partial charge in [0.25, 0.3) is 5.91 Å². The van der Waals surface area contributed by atoms with Crippen molar-refractivity contribution in [1.29, 1.82) is 0 Å². The fourth-order valence-corrected chi connectivity index (χ4v) is 4.09. The first kappa shape index (κ1) is 21.5. The molecule has 4 aromatic rings. The molecule has 1 saturated heterocycles. The third-order valence-corrected chi connectivity index (χ3v) is 5.69. The summed E-state index contributed by atoms with van der Waals surface area (Å²) in [4.78, 5) is 19.0. The summed E-state index contributed by atoms with van der Waals surface area (Å²) in [6, 6.07) is 21.1. The van der Waals surface area contributed by atoms with Crippen LogP contribution in [0.25, 0.3) is 17.3 Å². The van der Waals surface area contributed by atoms with Gasteiger partial charge in [0.15, 0.2) is 5.11 Å². The number of carbonyl (C=O) groups is 1. The van der Waals surface area contributed by atoms with Crippen LogP contribution in [-0.2, 0) is 11.3 Å². The second-order valence-corrected chi connectivity index (χ2v) is 8.07.